The second kappa shape index (κ2) is 7.21. The molecule has 0 radical (unpaired) electrons. The SMILES string of the molecule is O=C(Nc1ccc(-c2cn3c(C(=O)N4CCCC4)csc3n2)cc1)c1ccco1. The lowest BCUT2D eigenvalue weighted by atomic mass is 10.1. The molecule has 7 nitrogen and oxygen atoms in total. The van der Waals surface area contributed by atoms with Gasteiger partial charge in [0.15, 0.2) is 10.7 Å². The second-order valence-corrected chi connectivity index (χ2v) is 7.74. The summed E-state index contributed by atoms with van der Waals surface area (Å²) < 4.78 is 6.97. The van der Waals surface area contributed by atoms with E-state index in [-0.39, 0.29) is 17.6 Å². The Balaban J connectivity index is 1.36. The van der Waals surface area contributed by atoms with Crippen LogP contribution in [0.4, 0.5) is 5.69 Å². The summed E-state index contributed by atoms with van der Waals surface area (Å²) in [5.41, 5.74) is 3.03. The Morgan fingerprint density at radius 2 is 1.90 bits per heavy atom. The van der Waals surface area contributed by atoms with Crippen molar-refractivity contribution in [1.29, 1.82) is 0 Å². The van der Waals surface area contributed by atoms with E-state index in [1.165, 1.54) is 17.6 Å². The summed E-state index contributed by atoms with van der Waals surface area (Å²) >= 11 is 1.46. The Morgan fingerprint density at radius 3 is 2.62 bits per heavy atom. The van der Waals surface area contributed by atoms with Gasteiger partial charge in [-0.1, -0.05) is 12.1 Å². The number of nitrogens with one attached hydrogen (secondary N) is 1. The summed E-state index contributed by atoms with van der Waals surface area (Å²) in [5.74, 6) is 0.0302. The van der Waals surface area contributed by atoms with E-state index in [0.717, 1.165) is 42.1 Å². The van der Waals surface area contributed by atoms with Crippen molar-refractivity contribution in [2.75, 3.05) is 18.4 Å². The summed E-state index contributed by atoms with van der Waals surface area (Å²) in [6, 6.07) is 10.7. The first kappa shape index (κ1) is 17.7. The number of furan rings is 1. The zero-order chi connectivity index (χ0) is 19.8. The number of hydrogen-bond donors (Lipinski definition) is 1. The molecule has 1 fully saturated rings. The van der Waals surface area contributed by atoms with Crippen molar-refractivity contribution in [3.63, 3.8) is 0 Å². The molecule has 2 amide bonds. The molecule has 8 heteroatoms. The average Bonchev–Trinajstić information content (AvgIpc) is 3.53. The van der Waals surface area contributed by atoms with Crippen molar-refractivity contribution >= 4 is 33.8 Å². The van der Waals surface area contributed by atoms with E-state index >= 15 is 0 Å². The lowest BCUT2D eigenvalue weighted by molar-refractivity contribution is 0.0786. The quantitative estimate of drug-likeness (QED) is 0.552. The first-order valence-corrected chi connectivity index (χ1v) is 10.3. The Morgan fingerprint density at radius 1 is 1.10 bits per heavy atom. The van der Waals surface area contributed by atoms with Crippen LogP contribution in [-0.4, -0.2) is 39.2 Å². The molecule has 0 spiro atoms. The molecule has 0 saturated carbocycles. The largest absolute Gasteiger partial charge is 0.459 e. The third-order valence-electron chi connectivity index (χ3n) is 5.00. The molecule has 29 heavy (non-hydrogen) atoms. The molecule has 146 valence electrons. The Hall–Kier alpha value is -3.39. The number of aromatic nitrogens is 2. The van der Waals surface area contributed by atoms with Crippen LogP contribution in [0.1, 0.15) is 33.9 Å². The topological polar surface area (TPSA) is 79.9 Å². The molecule has 1 N–H and O–H groups in total. The number of hydrogen-bond acceptors (Lipinski definition) is 5. The number of likely N-dealkylation sites (tertiary alicyclic amines) is 1. The molecular weight excluding hydrogens is 388 g/mol. The molecule has 1 aliphatic rings. The zero-order valence-electron chi connectivity index (χ0n) is 15.5. The fourth-order valence-corrected chi connectivity index (χ4v) is 4.33. The van der Waals surface area contributed by atoms with Crippen LogP contribution in [0.15, 0.2) is 58.7 Å². The van der Waals surface area contributed by atoms with Crippen LogP contribution in [0.25, 0.3) is 16.2 Å². The van der Waals surface area contributed by atoms with Crippen molar-refractivity contribution in [3.05, 3.63) is 65.7 Å². The minimum atomic E-state index is -0.296. The number of anilines is 1. The first-order chi connectivity index (χ1) is 14.2. The minimum absolute atomic E-state index is 0.0636. The highest BCUT2D eigenvalue weighted by Crippen LogP contribution is 2.26. The molecule has 0 unspecified atom stereocenters. The van der Waals surface area contributed by atoms with Gasteiger partial charge in [0.05, 0.1) is 12.0 Å². The maximum Gasteiger partial charge on any atom is 0.291 e. The number of fused-ring (bicyclic) bond motifs is 1. The van der Waals surface area contributed by atoms with E-state index in [2.05, 4.69) is 10.3 Å². The monoisotopic (exact) mass is 406 g/mol. The van der Waals surface area contributed by atoms with E-state index in [0.29, 0.717) is 11.4 Å². The van der Waals surface area contributed by atoms with Gasteiger partial charge in [-0.2, -0.15) is 0 Å². The van der Waals surface area contributed by atoms with Crippen LogP contribution in [0.5, 0.6) is 0 Å². The van der Waals surface area contributed by atoms with Crippen LogP contribution in [0.2, 0.25) is 0 Å². The Labute approximate surface area is 170 Å². The Kier molecular flexibility index (Phi) is 4.40. The first-order valence-electron chi connectivity index (χ1n) is 9.40. The van der Waals surface area contributed by atoms with Crippen LogP contribution in [0.3, 0.4) is 0 Å². The minimum Gasteiger partial charge on any atom is -0.459 e. The number of imidazole rings is 1. The highest BCUT2D eigenvalue weighted by atomic mass is 32.1. The number of thiazole rings is 1. The van der Waals surface area contributed by atoms with Gasteiger partial charge in [0, 0.05) is 35.9 Å². The summed E-state index contributed by atoms with van der Waals surface area (Å²) in [6.45, 7) is 1.64. The maximum atomic E-state index is 12.7. The number of nitrogens with zero attached hydrogens (tertiary/aromatic N) is 3. The van der Waals surface area contributed by atoms with E-state index in [4.69, 9.17) is 4.42 Å². The van der Waals surface area contributed by atoms with Gasteiger partial charge in [0.2, 0.25) is 0 Å². The van der Waals surface area contributed by atoms with Crippen LogP contribution in [0, 0.1) is 0 Å². The van der Waals surface area contributed by atoms with Crippen molar-refractivity contribution < 1.29 is 14.0 Å². The Bertz CT molecular complexity index is 1170. The second-order valence-electron chi connectivity index (χ2n) is 6.91. The predicted octanol–water partition coefficient (Wildman–Crippen LogP) is 4.14. The van der Waals surface area contributed by atoms with Crippen molar-refractivity contribution in [3.8, 4) is 11.3 Å². The number of carbonyl (C=O) groups is 2. The molecule has 3 aromatic heterocycles. The summed E-state index contributed by atoms with van der Waals surface area (Å²) in [7, 11) is 0. The molecule has 1 aromatic carbocycles. The van der Waals surface area contributed by atoms with Gasteiger partial charge < -0.3 is 14.6 Å². The van der Waals surface area contributed by atoms with Gasteiger partial charge in [-0.25, -0.2) is 4.98 Å². The molecule has 0 aliphatic carbocycles. The van der Waals surface area contributed by atoms with Crippen LogP contribution in [-0.2, 0) is 0 Å². The van der Waals surface area contributed by atoms with Crippen molar-refractivity contribution in [2.45, 2.75) is 12.8 Å². The third kappa shape index (κ3) is 3.31. The fourth-order valence-electron chi connectivity index (χ4n) is 3.48. The van der Waals surface area contributed by atoms with Gasteiger partial charge in [0.25, 0.3) is 11.8 Å². The van der Waals surface area contributed by atoms with Crippen molar-refractivity contribution in [2.24, 2.45) is 0 Å². The smallest absolute Gasteiger partial charge is 0.291 e. The van der Waals surface area contributed by atoms with Gasteiger partial charge in [-0.15, -0.1) is 11.3 Å². The molecule has 4 heterocycles. The lowest BCUT2D eigenvalue weighted by Gasteiger charge is -2.13. The molecule has 4 aromatic rings. The highest BCUT2D eigenvalue weighted by Gasteiger charge is 2.23. The summed E-state index contributed by atoms with van der Waals surface area (Å²) in [5, 5.41) is 4.67. The van der Waals surface area contributed by atoms with E-state index in [1.807, 2.05) is 45.1 Å². The van der Waals surface area contributed by atoms with Crippen LogP contribution >= 0.6 is 11.3 Å². The third-order valence-corrected chi connectivity index (χ3v) is 5.84. The van der Waals surface area contributed by atoms with Crippen LogP contribution < -0.4 is 5.32 Å². The normalized spacial score (nSPS) is 13.9. The van der Waals surface area contributed by atoms with E-state index in [9.17, 15) is 9.59 Å². The summed E-state index contributed by atoms with van der Waals surface area (Å²) in [6.07, 6.45) is 5.49. The van der Waals surface area contributed by atoms with Gasteiger partial charge in [-0.3, -0.25) is 14.0 Å². The number of amides is 2. The van der Waals surface area contributed by atoms with Gasteiger partial charge in [0.1, 0.15) is 5.69 Å². The fraction of sp³-hybridized carbons (Fsp3) is 0.190. The molecular formula is C21H18N4O3S. The molecule has 1 aliphatic heterocycles. The molecule has 5 rings (SSSR count). The number of rotatable bonds is 4. The van der Waals surface area contributed by atoms with E-state index in [1.54, 1.807) is 12.1 Å². The summed E-state index contributed by atoms with van der Waals surface area (Å²) in [4.78, 5) is 32.2. The van der Waals surface area contributed by atoms with Gasteiger partial charge in [-0.05, 0) is 37.1 Å². The van der Waals surface area contributed by atoms with Gasteiger partial charge >= 0.3 is 0 Å². The maximum absolute atomic E-state index is 12.7. The molecule has 0 bridgehead atoms. The average molecular weight is 406 g/mol. The standard InChI is InChI=1S/C21H18N4O3S/c26-19(18-4-3-11-28-18)22-15-7-5-14(6-8-15)16-12-25-17(13-29-21(25)23-16)20(27)24-9-1-2-10-24/h3-8,11-13H,1-2,9-10H2,(H,22,26). The number of benzene rings is 1. The van der Waals surface area contributed by atoms with E-state index < -0.39 is 0 Å². The number of carbonyl (C=O) groups excluding carboxylic acids is 2. The molecule has 1 saturated heterocycles. The molecule has 0 atom stereocenters. The highest BCUT2D eigenvalue weighted by molar-refractivity contribution is 7.15. The lowest BCUT2D eigenvalue weighted by Crippen LogP contribution is -2.28. The zero-order valence-corrected chi connectivity index (χ0v) is 16.3. The van der Waals surface area contributed by atoms with Crippen molar-refractivity contribution in [1.82, 2.24) is 14.3 Å². The predicted molar refractivity (Wildman–Crippen MR) is 110 cm³/mol.